The molecule has 142 valence electrons. The Morgan fingerprint density at radius 2 is 1.93 bits per heavy atom. The van der Waals surface area contributed by atoms with Crippen LogP contribution in [0.1, 0.15) is 13.3 Å². The van der Waals surface area contributed by atoms with Crippen LogP contribution >= 0.6 is 11.6 Å². The van der Waals surface area contributed by atoms with Gasteiger partial charge in [-0.2, -0.15) is 0 Å². The summed E-state index contributed by atoms with van der Waals surface area (Å²) in [5, 5.41) is 5.74. The third-order valence-electron chi connectivity index (χ3n) is 3.96. The molecule has 2 amide bonds. The molecule has 0 radical (unpaired) electrons. The Morgan fingerprint density at radius 3 is 2.63 bits per heavy atom. The van der Waals surface area contributed by atoms with E-state index in [0.717, 1.165) is 0 Å². The molecule has 2 aromatic rings. The lowest BCUT2D eigenvalue weighted by atomic mass is 10.2. The summed E-state index contributed by atoms with van der Waals surface area (Å²) in [4.78, 5) is 23.9. The lowest BCUT2D eigenvalue weighted by Gasteiger charge is -2.23. The van der Waals surface area contributed by atoms with Gasteiger partial charge in [-0.25, -0.2) is 8.42 Å². The molecule has 1 heterocycles. The summed E-state index contributed by atoms with van der Waals surface area (Å²) >= 11 is 5.75. The molecule has 0 spiro atoms. The van der Waals surface area contributed by atoms with Crippen LogP contribution in [0.2, 0.25) is 5.02 Å². The van der Waals surface area contributed by atoms with Crippen molar-refractivity contribution in [3.05, 3.63) is 47.5 Å². The molecule has 0 fully saturated rings. The molecule has 1 atom stereocenters. The van der Waals surface area contributed by atoms with E-state index < -0.39 is 21.8 Å². The van der Waals surface area contributed by atoms with Crippen molar-refractivity contribution in [2.24, 2.45) is 0 Å². The zero-order chi connectivity index (χ0) is 19.6. The van der Waals surface area contributed by atoms with Crippen molar-refractivity contribution in [2.45, 2.75) is 24.3 Å². The summed E-state index contributed by atoms with van der Waals surface area (Å²) in [6, 6.07) is 10.6. The molecule has 0 unspecified atom stereocenters. The van der Waals surface area contributed by atoms with Gasteiger partial charge in [0, 0.05) is 17.1 Å². The molecule has 0 saturated carbocycles. The number of hydrogen-bond donors (Lipinski definition) is 2. The van der Waals surface area contributed by atoms with Crippen LogP contribution in [0.3, 0.4) is 0 Å². The van der Waals surface area contributed by atoms with E-state index in [9.17, 15) is 18.0 Å². The lowest BCUT2D eigenvalue weighted by molar-refractivity contribution is -0.122. The predicted octanol–water partition coefficient (Wildman–Crippen LogP) is 2.86. The van der Waals surface area contributed by atoms with E-state index in [4.69, 9.17) is 16.3 Å². The maximum Gasteiger partial charge on any atom is 0.265 e. The van der Waals surface area contributed by atoms with Crippen LogP contribution in [0.5, 0.6) is 5.75 Å². The Kier molecular flexibility index (Phi) is 5.38. The summed E-state index contributed by atoms with van der Waals surface area (Å²) in [6.07, 6.45) is -0.793. The van der Waals surface area contributed by atoms with Crippen molar-refractivity contribution in [3.8, 4) is 5.75 Å². The van der Waals surface area contributed by atoms with Crippen LogP contribution in [0.4, 0.5) is 11.4 Å². The van der Waals surface area contributed by atoms with Gasteiger partial charge < -0.3 is 15.4 Å². The fourth-order valence-electron chi connectivity index (χ4n) is 2.50. The first-order valence-corrected chi connectivity index (χ1v) is 10.2. The second-order valence-corrected chi connectivity index (χ2v) is 8.58. The molecule has 3 rings (SSSR count). The van der Waals surface area contributed by atoms with E-state index in [-0.39, 0.29) is 23.0 Å². The number of fused-ring (bicyclic) bond motifs is 1. The Balaban J connectivity index is 1.62. The van der Waals surface area contributed by atoms with Crippen molar-refractivity contribution >= 4 is 44.6 Å². The topological polar surface area (TPSA) is 102 Å². The van der Waals surface area contributed by atoms with Gasteiger partial charge in [0.1, 0.15) is 5.75 Å². The number of rotatable bonds is 5. The van der Waals surface area contributed by atoms with Crippen LogP contribution in [0.25, 0.3) is 0 Å². The normalized spacial score (nSPS) is 16.1. The SMILES string of the molecule is C[C@H]1Oc2ccc(NC(=O)CCS(=O)(=O)c3ccc(Cl)cc3)cc2NC1=O. The highest BCUT2D eigenvalue weighted by molar-refractivity contribution is 7.91. The second-order valence-electron chi connectivity index (χ2n) is 6.03. The summed E-state index contributed by atoms with van der Waals surface area (Å²) in [5.74, 6) is -0.558. The Hall–Kier alpha value is -2.58. The fourth-order valence-corrected chi connectivity index (χ4v) is 3.86. The first-order chi connectivity index (χ1) is 12.7. The molecular weight excluding hydrogens is 392 g/mol. The van der Waals surface area contributed by atoms with Crippen molar-refractivity contribution in [1.29, 1.82) is 0 Å². The summed E-state index contributed by atoms with van der Waals surface area (Å²) in [6.45, 7) is 1.63. The van der Waals surface area contributed by atoms with Gasteiger partial charge in [-0.05, 0) is 49.4 Å². The van der Waals surface area contributed by atoms with E-state index in [0.29, 0.717) is 22.1 Å². The first-order valence-electron chi connectivity index (χ1n) is 8.14. The van der Waals surface area contributed by atoms with Gasteiger partial charge >= 0.3 is 0 Å². The summed E-state index contributed by atoms with van der Waals surface area (Å²) in [5.41, 5.74) is 0.880. The molecule has 1 aliphatic heterocycles. The predicted molar refractivity (Wildman–Crippen MR) is 102 cm³/mol. The van der Waals surface area contributed by atoms with Crippen LogP contribution in [0.15, 0.2) is 47.4 Å². The largest absolute Gasteiger partial charge is 0.479 e. The highest BCUT2D eigenvalue weighted by atomic mass is 35.5. The Labute approximate surface area is 161 Å². The maximum absolute atomic E-state index is 12.3. The van der Waals surface area contributed by atoms with Gasteiger partial charge in [0.2, 0.25) is 5.91 Å². The molecule has 0 bridgehead atoms. The van der Waals surface area contributed by atoms with Crippen LogP contribution in [-0.4, -0.2) is 32.1 Å². The average Bonchev–Trinajstić information content (AvgIpc) is 2.62. The number of anilines is 2. The summed E-state index contributed by atoms with van der Waals surface area (Å²) < 4.78 is 30.0. The second kappa shape index (κ2) is 7.58. The van der Waals surface area contributed by atoms with Crippen molar-refractivity contribution < 1.29 is 22.7 Å². The molecule has 0 saturated heterocycles. The van der Waals surface area contributed by atoms with E-state index in [1.54, 1.807) is 25.1 Å². The minimum absolute atomic E-state index is 0.113. The number of nitrogens with one attached hydrogen (secondary N) is 2. The van der Waals surface area contributed by atoms with Crippen molar-refractivity contribution in [1.82, 2.24) is 0 Å². The Morgan fingerprint density at radius 1 is 1.22 bits per heavy atom. The smallest absolute Gasteiger partial charge is 0.265 e. The quantitative estimate of drug-likeness (QED) is 0.792. The van der Waals surface area contributed by atoms with Crippen molar-refractivity contribution in [2.75, 3.05) is 16.4 Å². The average molecular weight is 409 g/mol. The molecule has 27 heavy (non-hydrogen) atoms. The molecule has 1 aliphatic rings. The van der Waals surface area contributed by atoms with E-state index >= 15 is 0 Å². The summed E-state index contributed by atoms with van der Waals surface area (Å²) in [7, 11) is -3.59. The van der Waals surface area contributed by atoms with Crippen LogP contribution in [0, 0.1) is 0 Å². The van der Waals surface area contributed by atoms with Gasteiger partial charge in [0.05, 0.1) is 16.3 Å². The molecule has 9 heteroatoms. The number of carbonyl (C=O) groups excluding carboxylic acids is 2. The van der Waals surface area contributed by atoms with Gasteiger partial charge in [-0.3, -0.25) is 9.59 Å². The molecular formula is C18H17ClN2O5S. The van der Waals surface area contributed by atoms with Gasteiger partial charge in [0.25, 0.3) is 5.91 Å². The van der Waals surface area contributed by atoms with Crippen LogP contribution < -0.4 is 15.4 Å². The highest BCUT2D eigenvalue weighted by Gasteiger charge is 2.24. The maximum atomic E-state index is 12.3. The zero-order valence-corrected chi connectivity index (χ0v) is 15.9. The van der Waals surface area contributed by atoms with Gasteiger partial charge in [0.15, 0.2) is 15.9 Å². The Bertz CT molecular complexity index is 989. The number of amides is 2. The molecule has 0 aromatic heterocycles. The van der Waals surface area contributed by atoms with Gasteiger partial charge in [-0.1, -0.05) is 11.6 Å². The standard InChI is InChI=1S/C18H17ClN2O5S/c1-11-18(23)21-15-10-13(4-7-16(15)26-11)20-17(22)8-9-27(24,25)14-5-2-12(19)3-6-14/h2-7,10-11H,8-9H2,1H3,(H,20,22)(H,21,23)/t11-/m1/s1. The number of carbonyl (C=O) groups is 2. The third kappa shape index (κ3) is 4.58. The minimum atomic E-state index is -3.59. The first kappa shape index (κ1) is 19.2. The third-order valence-corrected chi connectivity index (χ3v) is 5.95. The number of sulfone groups is 1. The lowest BCUT2D eigenvalue weighted by Crippen LogP contribution is -2.34. The minimum Gasteiger partial charge on any atom is -0.479 e. The zero-order valence-electron chi connectivity index (χ0n) is 14.4. The van der Waals surface area contributed by atoms with E-state index in [1.165, 1.54) is 24.3 Å². The fraction of sp³-hybridized carbons (Fsp3) is 0.222. The van der Waals surface area contributed by atoms with Crippen molar-refractivity contribution in [3.63, 3.8) is 0 Å². The van der Waals surface area contributed by atoms with E-state index in [2.05, 4.69) is 10.6 Å². The van der Waals surface area contributed by atoms with E-state index in [1.807, 2.05) is 0 Å². The van der Waals surface area contributed by atoms with Gasteiger partial charge in [-0.15, -0.1) is 0 Å². The number of ether oxygens (including phenoxy) is 1. The molecule has 2 aromatic carbocycles. The number of hydrogen-bond acceptors (Lipinski definition) is 5. The van der Waals surface area contributed by atoms with Crippen LogP contribution in [-0.2, 0) is 19.4 Å². The number of benzene rings is 2. The highest BCUT2D eigenvalue weighted by Crippen LogP contribution is 2.32. The monoisotopic (exact) mass is 408 g/mol. The molecule has 7 nitrogen and oxygen atoms in total. The molecule has 0 aliphatic carbocycles. The number of halogens is 1. The molecule has 2 N–H and O–H groups in total.